The number of amides is 4. The summed E-state index contributed by atoms with van der Waals surface area (Å²) in [7, 11) is 2.59. The number of hydrogen-bond acceptors (Lipinski definition) is 8. The standard InChI is InChI=1S/C44H48BrClN8O6/c1-19(2)34(50-43(57)59-5)41(55)53-30-14-24(30)16-32(53)39-47-29-18-28(46)27-13-23(11-12-26(27)37(29)49-39)21-7-9-22(10-8-21)36-38(45)52-40(48-36)33-17-25-15-31(25)54(33)42(56)35(20(3)4)51-44(58)60-6/h7-13,18-20,24-25,30-35H,14-17H2,1-6H3,(H,47,49)(H,48,52)(H,50,57)(H,51,58)/t24-,25-,30-,31-,32+,33?,34+,35+/m1/s1. The molecule has 16 heteroatoms. The van der Waals surface area contributed by atoms with Gasteiger partial charge in [0.25, 0.3) is 0 Å². The van der Waals surface area contributed by atoms with E-state index >= 15 is 0 Å². The normalized spacial score (nSPS) is 23.8. The highest BCUT2D eigenvalue weighted by Crippen LogP contribution is 2.55. The SMILES string of the molecule is COC(=O)N[C@H](C(=O)N1C(c2nc(-c3ccc(-c4ccc5c(c4)c(Cl)cc4[nH]c([C@@H]6C[C@H]7C[C@H]7N6C(=O)[C@@H](NC(=O)OC)C(C)C)nc45)cc3)c(Br)[nH]2)C[C@H]2C[C@H]21)C(C)C. The molecule has 60 heavy (non-hydrogen) atoms. The zero-order chi connectivity index (χ0) is 42.3. The number of piperidine rings is 2. The number of ether oxygens (including phenoxy) is 2. The number of likely N-dealkylation sites (tertiary alicyclic amines) is 2. The summed E-state index contributed by atoms with van der Waals surface area (Å²) in [5.41, 5.74) is 5.21. The first-order valence-corrected chi connectivity index (χ1v) is 21.7. The lowest BCUT2D eigenvalue weighted by Gasteiger charge is -2.31. The molecule has 0 spiro atoms. The average molecular weight is 900 g/mol. The number of halogens is 2. The third-order valence-electron chi connectivity index (χ3n) is 12.9. The lowest BCUT2D eigenvalue weighted by atomic mass is 9.99. The molecule has 2 aromatic heterocycles. The van der Waals surface area contributed by atoms with E-state index in [1.165, 1.54) is 14.2 Å². The minimum atomic E-state index is -0.711. The van der Waals surface area contributed by atoms with Crippen LogP contribution >= 0.6 is 27.5 Å². The summed E-state index contributed by atoms with van der Waals surface area (Å²) in [5.74, 6) is 1.74. The number of methoxy groups -OCH3 is 2. The number of aromatic amines is 2. The maximum Gasteiger partial charge on any atom is 0.407 e. The van der Waals surface area contributed by atoms with Crippen LogP contribution in [0.2, 0.25) is 5.02 Å². The number of alkyl carbamates (subject to hydrolysis) is 2. The van der Waals surface area contributed by atoms with E-state index in [2.05, 4.69) is 60.8 Å². The molecular formula is C44H48BrClN8O6. The van der Waals surface area contributed by atoms with E-state index < -0.39 is 24.3 Å². The van der Waals surface area contributed by atoms with Crippen LogP contribution in [0.4, 0.5) is 9.59 Å². The van der Waals surface area contributed by atoms with Gasteiger partial charge < -0.3 is 39.9 Å². The van der Waals surface area contributed by atoms with Gasteiger partial charge in [0, 0.05) is 28.4 Å². The van der Waals surface area contributed by atoms with Crippen LogP contribution in [0.15, 0.2) is 53.1 Å². The van der Waals surface area contributed by atoms with Crippen molar-refractivity contribution in [3.63, 3.8) is 0 Å². The summed E-state index contributed by atoms with van der Waals surface area (Å²) in [6, 6.07) is 14.6. The van der Waals surface area contributed by atoms with Gasteiger partial charge in [0.15, 0.2) is 0 Å². The van der Waals surface area contributed by atoms with Gasteiger partial charge in [-0.25, -0.2) is 19.6 Å². The molecule has 2 saturated heterocycles. The summed E-state index contributed by atoms with van der Waals surface area (Å²) < 4.78 is 10.4. The summed E-state index contributed by atoms with van der Waals surface area (Å²) in [6.45, 7) is 7.65. The molecule has 4 amide bonds. The van der Waals surface area contributed by atoms with Crippen molar-refractivity contribution >= 4 is 73.3 Å². The minimum absolute atomic E-state index is 0.120. The zero-order valence-electron chi connectivity index (χ0n) is 34.2. The van der Waals surface area contributed by atoms with Crippen molar-refractivity contribution in [2.75, 3.05) is 14.2 Å². The molecule has 1 unspecified atom stereocenters. The van der Waals surface area contributed by atoms with Gasteiger partial charge in [-0.05, 0) is 88.5 Å². The number of fused-ring (bicyclic) bond motifs is 5. The van der Waals surface area contributed by atoms with Gasteiger partial charge in [-0.2, -0.15) is 0 Å². The van der Waals surface area contributed by atoms with Gasteiger partial charge in [0.2, 0.25) is 11.8 Å². The largest absolute Gasteiger partial charge is 0.453 e. The summed E-state index contributed by atoms with van der Waals surface area (Å²) in [6.07, 6.45) is 2.26. The van der Waals surface area contributed by atoms with Crippen LogP contribution < -0.4 is 10.6 Å². The smallest absolute Gasteiger partial charge is 0.407 e. The molecule has 14 nitrogen and oxygen atoms in total. The van der Waals surface area contributed by atoms with Crippen molar-refractivity contribution in [2.24, 2.45) is 23.7 Å². The number of benzene rings is 3. The number of carbonyl (C=O) groups excluding carboxylic acids is 4. The van der Waals surface area contributed by atoms with Crippen molar-refractivity contribution in [3.8, 4) is 22.4 Å². The van der Waals surface area contributed by atoms with Crippen molar-refractivity contribution in [1.29, 1.82) is 0 Å². The van der Waals surface area contributed by atoms with E-state index in [0.717, 1.165) is 74.5 Å². The van der Waals surface area contributed by atoms with Gasteiger partial charge in [-0.1, -0.05) is 75.7 Å². The third-order valence-corrected chi connectivity index (χ3v) is 13.7. The van der Waals surface area contributed by atoms with Gasteiger partial charge >= 0.3 is 12.2 Å². The molecular weight excluding hydrogens is 852 g/mol. The first-order valence-electron chi connectivity index (χ1n) is 20.6. The van der Waals surface area contributed by atoms with Gasteiger partial charge in [-0.3, -0.25) is 9.59 Å². The van der Waals surface area contributed by atoms with Crippen LogP contribution in [0, 0.1) is 23.7 Å². The Bertz CT molecular complexity index is 2540. The zero-order valence-corrected chi connectivity index (χ0v) is 36.6. The van der Waals surface area contributed by atoms with Crippen LogP contribution in [0.1, 0.15) is 77.1 Å². The van der Waals surface area contributed by atoms with Crippen LogP contribution in [0.3, 0.4) is 0 Å². The highest BCUT2D eigenvalue weighted by molar-refractivity contribution is 9.10. The second-order valence-electron chi connectivity index (χ2n) is 17.3. The molecule has 2 aliphatic carbocycles. The fraction of sp³-hybridized carbons (Fsp3) is 0.455. The molecule has 3 aromatic carbocycles. The Hall–Kier alpha value is -5.15. The number of imidazole rings is 2. The number of hydrogen-bond donors (Lipinski definition) is 4. The van der Waals surface area contributed by atoms with Crippen molar-refractivity contribution in [3.05, 3.63) is 69.8 Å². The molecule has 0 radical (unpaired) electrons. The van der Waals surface area contributed by atoms with Crippen molar-refractivity contribution in [1.82, 2.24) is 40.4 Å². The van der Waals surface area contributed by atoms with E-state index in [-0.39, 0.29) is 47.8 Å². The number of nitrogens with zero attached hydrogens (tertiary/aromatic N) is 4. The predicted octanol–water partition coefficient (Wildman–Crippen LogP) is 8.27. The van der Waals surface area contributed by atoms with E-state index in [1.54, 1.807) is 0 Å². The fourth-order valence-corrected chi connectivity index (χ4v) is 10.3. The first-order chi connectivity index (χ1) is 28.8. The summed E-state index contributed by atoms with van der Waals surface area (Å²) in [5, 5.41) is 7.83. The molecule has 9 rings (SSSR count). The fourth-order valence-electron chi connectivity index (χ4n) is 9.50. The quantitative estimate of drug-likeness (QED) is 0.108. The van der Waals surface area contributed by atoms with Crippen LogP contribution in [0.5, 0.6) is 0 Å². The van der Waals surface area contributed by atoms with Crippen LogP contribution in [-0.4, -0.2) is 92.1 Å². The third kappa shape index (κ3) is 7.06. The van der Waals surface area contributed by atoms with E-state index in [0.29, 0.717) is 28.5 Å². The lowest BCUT2D eigenvalue weighted by molar-refractivity contribution is -0.137. The molecule has 2 saturated carbocycles. The number of nitrogens with one attached hydrogen (secondary N) is 4. The highest BCUT2D eigenvalue weighted by Gasteiger charge is 2.57. The van der Waals surface area contributed by atoms with Gasteiger partial charge in [0.05, 0.1) is 42.4 Å². The molecule has 4 aliphatic rings. The minimum Gasteiger partial charge on any atom is -0.453 e. The maximum absolute atomic E-state index is 14.0. The lowest BCUT2D eigenvalue weighted by Crippen LogP contribution is -2.52. The summed E-state index contributed by atoms with van der Waals surface area (Å²) in [4.78, 5) is 72.9. The van der Waals surface area contributed by atoms with Crippen LogP contribution in [0.25, 0.3) is 44.2 Å². The Morgan fingerprint density at radius 1 is 0.717 bits per heavy atom. The van der Waals surface area contributed by atoms with Gasteiger partial charge in [-0.15, -0.1) is 0 Å². The summed E-state index contributed by atoms with van der Waals surface area (Å²) >= 11 is 10.7. The number of rotatable bonds is 10. The monoisotopic (exact) mass is 898 g/mol. The second kappa shape index (κ2) is 15.4. The molecule has 0 bridgehead atoms. The topological polar surface area (TPSA) is 175 Å². The molecule has 2 aliphatic heterocycles. The molecule has 4 N–H and O–H groups in total. The molecule has 8 atom stereocenters. The first kappa shape index (κ1) is 40.3. The Morgan fingerprint density at radius 2 is 1.23 bits per heavy atom. The molecule has 5 aromatic rings. The van der Waals surface area contributed by atoms with Gasteiger partial charge in [0.1, 0.15) is 34.0 Å². The predicted molar refractivity (Wildman–Crippen MR) is 230 cm³/mol. The van der Waals surface area contributed by atoms with E-state index in [9.17, 15) is 19.2 Å². The Kier molecular flexibility index (Phi) is 10.3. The molecule has 314 valence electrons. The van der Waals surface area contributed by atoms with E-state index in [4.69, 9.17) is 31.0 Å². The number of carbonyl (C=O) groups is 4. The van der Waals surface area contributed by atoms with Crippen molar-refractivity contribution in [2.45, 2.75) is 89.6 Å². The molecule has 4 fully saturated rings. The Balaban J connectivity index is 0.953. The van der Waals surface area contributed by atoms with Crippen molar-refractivity contribution < 1.29 is 28.7 Å². The highest BCUT2D eigenvalue weighted by atomic mass is 79.9. The number of aromatic nitrogens is 4. The second-order valence-corrected chi connectivity index (χ2v) is 18.5. The van der Waals surface area contributed by atoms with E-state index in [1.807, 2.05) is 61.8 Å². The number of H-pyrrole nitrogens is 2. The van der Waals surface area contributed by atoms with Crippen LogP contribution in [-0.2, 0) is 19.1 Å². The average Bonchev–Trinajstić information content (AvgIpc) is 3.92. The Labute approximate surface area is 360 Å². The maximum atomic E-state index is 14.0. The molecule has 4 heterocycles. The Morgan fingerprint density at radius 3 is 1.77 bits per heavy atom.